The van der Waals surface area contributed by atoms with Gasteiger partial charge in [0.2, 0.25) is 5.91 Å². The number of methoxy groups -OCH3 is 1. The minimum absolute atomic E-state index is 0.0642. The zero-order valence-corrected chi connectivity index (χ0v) is 25.0. The minimum atomic E-state index is -1.36. The summed E-state index contributed by atoms with van der Waals surface area (Å²) >= 11 is 12.0. The molecule has 3 aromatic rings. The lowest BCUT2D eigenvalue weighted by Gasteiger charge is -2.32. The van der Waals surface area contributed by atoms with E-state index in [-0.39, 0.29) is 44.4 Å². The molecule has 0 heterocycles. The SMILES string of the molecule is COc1cc(C(=O)O)ccc1NC(=O)[C@H](N[C@H](Cc1ccc(Cl)cc1F)CC(C)(C)C)[C@@H](C#N)c1cccc(Cl)c1F. The summed E-state index contributed by atoms with van der Waals surface area (Å²) in [6.45, 7) is 5.92. The molecule has 0 aliphatic rings. The Hall–Kier alpha value is -3.71. The Morgan fingerprint density at radius 3 is 2.40 bits per heavy atom. The van der Waals surface area contributed by atoms with Gasteiger partial charge in [0.05, 0.1) is 35.4 Å². The number of halogens is 4. The average molecular weight is 619 g/mol. The quantitative estimate of drug-likeness (QED) is 0.209. The maximum absolute atomic E-state index is 15.2. The fraction of sp³-hybridized carbons (Fsp3) is 0.323. The fourth-order valence-electron chi connectivity index (χ4n) is 4.68. The van der Waals surface area contributed by atoms with Gasteiger partial charge in [-0.05, 0) is 60.2 Å². The standard InChI is InChI=1S/C31H31Cl2F2N3O4/c1-31(2,3)15-20(12-17-8-10-19(32)14-24(17)34)37-28(22(16-36)21-6-5-7-23(33)27(21)35)29(39)38-25-11-9-18(30(40)41)13-26(25)42-4/h5-11,13-14,20,22,28,37H,12,15H2,1-4H3,(H,38,39)(H,40,41)/t20-,22+,28-/m1/s1. The number of carboxylic acid groups (broad SMARTS) is 1. The van der Waals surface area contributed by atoms with Crippen LogP contribution in [0.5, 0.6) is 5.75 Å². The van der Waals surface area contributed by atoms with E-state index in [4.69, 9.17) is 27.9 Å². The molecule has 0 spiro atoms. The lowest BCUT2D eigenvalue weighted by Crippen LogP contribution is -2.51. The molecule has 0 fully saturated rings. The molecular formula is C31H31Cl2F2N3O4. The number of hydrogen-bond donors (Lipinski definition) is 3. The first-order valence-electron chi connectivity index (χ1n) is 13.0. The van der Waals surface area contributed by atoms with Gasteiger partial charge >= 0.3 is 5.97 Å². The largest absolute Gasteiger partial charge is 0.495 e. The molecule has 0 radical (unpaired) electrons. The normalized spacial score (nSPS) is 13.5. The summed E-state index contributed by atoms with van der Waals surface area (Å²) in [5.41, 5.74) is 0.0250. The van der Waals surface area contributed by atoms with E-state index in [0.717, 1.165) is 0 Å². The number of carbonyl (C=O) groups excluding carboxylic acids is 1. The second kappa shape index (κ2) is 14.0. The highest BCUT2D eigenvalue weighted by atomic mass is 35.5. The van der Waals surface area contributed by atoms with Gasteiger partial charge < -0.3 is 20.5 Å². The summed E-state index contributed by atoms with van der Waals surface area (Å²) in [4.78, 5) is 25.3. The first-order chi connectivity index (χ1) is 19.7. The predicted octanol–water partition coefficient (Wildman–Crippen LogP) is 7.23. The number of hydrogen-bond acceptors (Lipinski definition) is 5. The van der Waals surface area contributed by atoms with E-state index in [1.165, 1.54) is 49.6 Å². The third-order valence-electron chi connectivity index (χ3n) is 6.53. The number of ether oxygens (including phenoxy) is 1. The Balaban J connectivity index is 2.08. The summed E-state index contributed by atoms with van der Waals surface area (Å²) in [7, 11) is 1.31. The Labute approximate surface area is 253 Å². The topological polar surface area (TPSA) is 111 Å². The van der Waals surface area contributed by atoms with Crippen LogP contribution in [0.2, 0.25) is 10.0 Å². The summed E-state index contributed by atoms with van der Waals surface area (Å²) in [5, 5.41) is 25.5. The molecule has 0 saturated carbocycles. The molecule has 3 N–H and O–H groups in total. The molecule has 0 bridgehead atoms. The van der Waals surface area contributed by atoms with Crippen LogP contribution >= 0.6 is 23.2 Å². The number of rotatable bonds is 11. The van der Waals surface area contributed by atoms with Crippen LogP contribution < -0.4 is 15.4 Å². The smallest absolute Gasteiger partial charge is 0.335 e. The van der Waals surface area contributed by atoms with Gasteiger partial charge in [0.1, 0.15) is 23.4 Å². The number of carbonyl (C=O) groups is 2. The Morgan fingerprint density at radius 2 is 1.81 bits per heavy atom. The van der Waals surface area contributed by atoms with Crippen LogP contribution in [0.25, 0.3) is 0 Å². The van der Waals surface area contributed by atoms with Crippen LogP contribution in [0.15, 0.2) is 54.6 Å². The average Bonchev–Trinajstić information content (AvgIpc) is 2.91. The summed E-state index contributed by atoms with van der Waals surface area (Å²) in [5.74, 6) is -4.57. The number of nitrogens with one attached hydrogen (secondary N) is 2. The summed E-state index contributed by atoms with van der Waals surface area (Å²) in [6.07, 6.45) is 0.586. The summed E-state index contributed by atoms with van der Waals surface area (Å²) in [6, 6.07) is 12.5. The van der Waals surface area contributed by atoms with Crippen molar-refractivity contribution in [1.82, 2.24) is 5.32 Å². The maximum Gasteiger partial charge on any atom is 0.335 e. The molecule has 3 rings (SSSR count). The van der Waals surface area contributed by atoms with E-state index in [2.05, 4.69) is 10.6 Å². The van der Waals surface area contributed by atoms with Crippen molar-refractivity contribution in [2.24, 2.45) is 5.41 Å². The van der Waals surface area contributed by atoms with Gasteiger partial charge in [-0.15, -0.1) is 0 Å². The van der Waals surface area contributed by atoms with Crippen molar-refractivity contribution in [1.29, 1.82) is 5.26 Å². The third kappa shape index (κ3) is 8.41. The van der Waals surface area contributed by atoms with Crippen LogP contribution in [0.4, 0.5) is 14.5 Å². The van der Waals surface area contributed by atoms with Gasteiger partial charge in [-0.2, -0.15) is 5.26 Å². The predicted molar refractivity (Wildman–Crippen MR) is 158 cm³/mol. The van der Waals surface area contributed by atoms with Crippen molar-refractivity contribution in [3.63, 3.8) is 0 Å². The van der Waals surface area contributed by atoms with Crippen molar-refractivity contribution in [3.05, 3.63) is 93.0 Å². The van der Waals surface area contributed by atoms with Crippen molar-refractivity contribution in [2.75, 3.05) is 12.4 Å². The Morgan fingerprint density at radius 1 is 1.10 bits per heavy atom. The lowest BCUT2D eigenvalue weighted by molar-refractivity contribution is -0.118. The molecule has 42 heavy (non-hydrogen) atoms. The van der Waals surface area contributed by atoms with E-state index in [0.29, 0.717) is 12.0 Å². The van der Waals surface area contributed by atoms with E-state index in [9.17, 15) is 24.3 Å². The zero-order chi connectivity index (χ0) is 31.2. The second-order valence-electron chi connectivity index (χ2n) is 11.0. The van der Waals surface area contributed by atoms with Gasteiger partial charge in [-0.1, -0.05) is 62.2 Å². The number of anilines is 1. The number of amides is 1. The Kier molecular flexibility index (Phi) is 10.9. The number of nitrogens with zero attached hydrogens (tertiary/aromatic N) is 1. The fourth-order valence-corrected chi connectivity index (χ4v) is 5.02. The number of benzene rings is 3. The van der Waals surface area contributed by atoms with Crippen molar-refractivity contribution in [2.45, 2.75) is 51.6 Å². The second-order valence-corrected chi connectivity index (χ2v) is 11.8. The van der Waals surface area contributed by atoms with Crippen LogP contribution in [-0.4, -0.2) is 36.2 Å². The molecule has 11 heteroatoms. The van der Waals surface area contributed by atoms with Crippen LogP contribution in [0, 0.1) is 28.4 Å². The monoisotopic (exact) mass is 617 g/mol. The molecule has 0 aliphatic heterocycles. The molecule has 1 amide bonds. The molecule has 0 aliphatic carbocycles. The summed E-state index contributed by atoms with van der Waals surface area (Å²) < 4.78 is 35.3. The highest BCUT2D eigenvalue weighted by molar-refractivity contribution is 6.31. The zero-order valence-electron chi connectivity index (χ0n) is 23.5. The van der Waals surface area contributed by atoms with Crippen LogP contribution in [0.1, 0.15) is 54.6 Å². The van der Waals surface area contributed by atoms with E-state index >= 15 is 4.39 Å². The molecule has 3 aromatic carbocycles. The van der Waals surface area contributed by atoms with Crippen molar-refractivity contribution >= 4 is 40.8 Å². The Bertz CT molecular complexity index is 1500. The number of nitriles is 1. The highest BCUT2D eigenvalue weighted by Crippen LogP contribution is 2.32. The molecule has 222 valence electrons. The van der Waals surface area contributed by atoms with Gasteiger partial charge in [-0.3, -0.25) is 4.79 Å². The maximum atomic E-state index is 15.2. The van der Waals surface area contributed by atoms with E-state index in [1.807, 2.05) is 26.8 Å². The lowest BCUT2D eigenvalue weighted by atomic mass is 9.84. The van der Waals surface area contributed by atoms with E-state index < -0.39 is 41.5 Å². The molecule has 0 aromatic heterocycles. The van der Waals surface area contributed by atoms with Crippen molar-refractivity contribution in [3.8, 4) is 11.8 Å². The molecule has 0 saturated heterocycles. The van der Waals surface area contributed by atoms with Crippen LogP contribution in [-0.2, 0) is 11.2 Å². The first-order valence-corrected chi connectivity index (χ1v) is 13.8. The van der Waals surface area contributed by atoms with Crippen LogP contribution in [0.3, 0.4) is 0 Å². The first kappa shape index (κ1) is 32.8. The van der Waals surface area contributed by atoms with Gasteiger partial charge in [0, 0.05) is 16.6 Å². The van der Waals surface area contributed by atoms with Gasteiger partial charge in [0.15, 0.2) is 0 Å². The molecular weight excluding hydrogens is 587 g/mol. The molecule has 3 atom stereocenters. The third-order valence-corrected chi connectivity index (χ3v) is 7.06. The van der Waals surface area contributed by atoms with Crippen molar-refractivity contribution < 1.29 is 28.2 Å². The van der Waals surface area contributed by atoms with Gasteiger partial charge in [-0.25, -0.2) is 13.6 Å². The highest BCUT2D eigenvalue weighted by Gasteiger charge is 2.35. The molecule has 7 nitrogen and oxygen atoms in total. The number of carboxylic acids is 1. The number of aromatic carboxylic acids is 1. The minimum Gasteiger partial charge on any atom is -0.495 e. The van der Waals surface area contributed by atoms with Gasteiger partial charge in [0.25, 0.3) is 0 Å². The van der Waals surface area contributed by atoms with E-state index in [1.54, 1.807) is 12.1 Å². The molecule has 0 unspecified atom stereocenters.